The summed E-state index contributed by atoms with van der Waals surface area (Å²) in [6.45, 7) is 9.05. The number of aliphatic hydroxyl groups is 3. The zero-order valence-electron chi connectivity index (χ0n) is 29.3. The molecule has 4 aliphatic rings. The molecule has 3 aliphatic carbocycles. The van der Waals surface area contributed by atoms with E-state index in [2.05, 4.69) is 6.58 Å². The first-order valence-corrected chi connectivity index (χ1v) is 16.6. The summed E-state index contributed by atoms with van der Waals surface area (Å²) in [5.41, 5.74) is -8.71. The lowest BCUT2D eigenvalue weighted by Gasteiger charge is -2.66. The quantitative estimate of drug-likeness (QED) is 0.193. The third kappa shape index (κ3) is 5.65. The minimum absolute atomic E-state index is 0.0652. The molecule has 0 radical (unpaired) electrons. The van der Waals surface area contributed by atoms with E-state index < -0.39 is 132 Å². The van der Waals surface area contributed by atoms with Crippen LogP contribution in [0, 0.1) is 28.6 Å². The Bertz CT molecular complexity index is 1620. The van der Waals surface area contributed by atoms with Gasteiger partial charge in [-0.05, 0) is 24.6 Å². The first kappa shape index (κ1) is 38.1. The predicted molar refractivity (Wildman–Crippen MR) is 171 cm³/mol. The largest absolute Gasteiger partial charge is 0.462 e. The van der Waals surface area contributed by atoms with Crippen LogP contribution in [0.25, 0.3) is 0 Å². The molecule has 0 spiro atoms. The maximum atomic E-state index is 14.5. The van der Waals surface area contributed by atoms with E-state index >= 15 is 0 Å². The Kier molecular flexibility index (Phi) is 10.0. The third-order valence-corrected chi connectivity index (χ3v) is 11.4. The number of carbonyl (C=O) groups excluding carboxylic acids is 6. The van der Waals surface area contributed by atoms with Crippen molar-refractivity contribution in [1.29, 1.82) is 0 Å². The molecule has 3 saturated carbocycles. The first-order chi connectivity index (χ1) is 23.8. The second-order valence-corrected chi connectivity index (χ2v) is 14.3. The van der Waals surface area contributed by atoms with E-state index in [4.69, 9.17) is 28.4 Å². The van der Waals surface area contributed by atoms with Crippen molar-refractivity contribution in [3.63, 3.8) is 0 Å². The molecule has 1 saturated heterocycles. The summed E-state index contributed by atoms with van der Waals surface area (Å²) in [5, 5.41) is 35.6. The van der Waals surface area contributed by atoms with E-state index in [-0.39, 0.29) is 11.1 Å². The lowest BCUT2D eigenvalue weighted by atomic mass is 9.41. The topological polar surface area (TPSA) is 218 Å². The molecule has 15 nitrogen and oxygen atoms in total. The van der Waals surface area contributed by atoms with Crippen molar-refractivity contribution in [1.82, 2.24) is 0 Å². The summed E-state index contributed by atoms with van der Waals surface area (Å²) >= 11 is 0. The van der Waals surface area contributed by atoms with Crippen LogP contribution in [0.1, 0.15) is 58.3 Å². The third-order valence-electron chi connectivity index (χ3n) is 11.4. The Morgan fingerprint density at radius 3 is 2.02 bits per heavy atom. The number of esters is 5. The highest BCUT2D eigenvalue weighted by Crippen LogP contribution is 2.68. The molecule has 1 heterocycles. The van der Waals surface area contributed by atoms with Crippen LogP contribution in [0.3, 0.4) is 0 Å². The molecule has 0 aromatic heterocycles. The van der Waals surface area contributed by atoms with Gasteiger partial charge in [0.05, 0.1) is 36.2 Å². The summed E-state index contributed by atoms with van der Waals surface area (Å²) < 4.78 is 35.9. The Hall–Kier alpha value is -4.18. The highest BCUT2D eigenvalue weighted by atomic mass is 16.6. The van der Waals surface area contributed by atoms with E-state index in [0.717, 1.165) is 27.7 Å². The second-order valence-electron chi connectivity index (χ2n) is 14.3. The normalized spacial score (nSPS) is 39.8. The monoisotopic (exact) mass is 716 g/mol. The molecule has 2 unspecified atom stereocenters. The van der Waals surface area contributed by atoms with Gasteiger partial charge in [0, 0.05) is 51.4 Å². The SMILES string of the molecule is C=C1[C@@H](O)CC(OC(C)=O)[C@@]2(COC(=O)c3ccccc3)[C@@H](OC(C)=O)[C@H](OC(C)=O)[C@]3(O)[C@@]4(C)CO[C@]3(C)C(=O)C(CO)[C@H]4[C@@H](OC(C)=O)[C@H]12. The standard InChI is InChI=1S/C36H44O15/c1-17-24(42)13-25(48-18(2)38)35(16-46-32(44)22-11-9-8-10-12-22)26(17)28(49-19(3)39)27-23(14-37)29(43)34(7)36(45,33(27,6)15-47-34)31(51-21(5)41)30(35)50-20(4)40/h8-12,23-28,30-31,37,42,45H,1,13-16H2,2-7H3/t23?,24-,25?,26-,27-,28-,30-,31-,33-,34+,35+,36-/m0/s1. The fraction of sp³-hybridized carbons (Fsp3) is 0.611. The Morgan fingerprint density at radius 1 is 0.902 bits per heavy atom. The van der Waals surface area contributed by atoms with Crippen LogP contribution in [0.4, 0.5) is 0 Å². The molecule has 1 aromatic rings. The van der Waals surface area contributed by atoms with Crippen molar-refractivity contribution >= 4 is 35.6 Å². The van der Waals surface area contributed by atoms with Gasteiger partial charge in [0.15, 0.2) is 23.6 Å². The predicted octanol–water partition coefficient (Wildman–Crippen LogP) is 0.841. The molecule has 1 aromatic carbocycles. The molecule has 4 bridgehead atoms. The van der Waals surface area contributed by atoms with Gasteiger partial charge in [-0.25, -0.2) is 4.79 Å². The number of hydrogen-bond donors (Lipinski definition) is 3. The minimum atomic E-state index is -2.61. The molecule has 4 fully saturated rings. The van der Waals surface area contributed by atoms with E-state index in [1.54, 1.807) is 18.2 Å². The van der Waals surface area contributed by atoms with Crippen LogP contribution >= 0.6 is 0 Å². The smallest absolute Gasteiger partial charge is 0.338 e. The molecule has 15 heteroatoms. The maximum Gasteiger partial charge on any atom is 0.338 e. The number of benzene rings is 1. The fourth-order valence-electron chi connectivity index (χ4n) is 9.41. The average molecular weight is 717 g/mol. The van der Waals surface area contributed by atoms with Crippen molar-refractivity contribution in [3.8, 4) is 0 Å². The Morgan fingerprint density at radius 2 is 1.47 bits per heavy atom. The van der Waals surface area contributed by atoms with Crippen molar-refractivity contribution in [2.45, 2.75) is 89.7 Å². The molecule has 12 atom stereocenters. The molecule has 0 amide bonds. The van der Waals surface area contributed by atoms with Crippen molar-refractivity contribution in [3.05, 3.63) is 48.0 Å². The van der Waals surface area contributed by atoms with Gasteiger partial charge >= 0.3 is 29.8 Å². The zero-order valence-corrected chi connectivity index (χ0v) is 29.3. The molecule has 1 aliphatic heterocycles. The minimum Gasteiger partial charge on any atom is -0.462 e. The molecular weight excluding hydrogens is 672 g/mol. The van der Waals surface area contributed by atoms with Crippen LogP contribution < -0.4 is 0 Å². The number of fused-ring (bicyclic) bond motifs is 1. The first-order valence-electron chi connectivity index (χ1n) is 16.6. The Balaban J connectivity index is 1.95. The average Bonchev–Trinajstić information content (AvgIpc) is 3.21. The van der Waals surface area contributed by atoms with Crippen LogP contribution in [0.2, 0.25) is 0 Å². The molecule has 51 heavy (non-hydrogen) atoms. The van der Waals surface area contributed by atoms with Gasteiger partial charge in [-0.3, -0.25) is 24.0 Å². The van der Waals surface area contributed by atoms with E-state index in [0.29, 0.717) is 0 Å². The number of aliphatic hydroxyl groups excluding tert-OH is 2. The van der Waals surface area contributed by atoms with E-state index in [1.165, 1.54) is 26.0 Å². The summed E-state index contributed by atoms with van der Waals surface area (Å²) in [6.07, 6.45) is -9.11. The highest BCUT2D eigenvalue weighted by molar-refractivity contribution is 5.94. The van der Waals surface area contributed by atoms with Crippen molar-refractivity contribution < 1.29 is 72.5 Å². The van der Waals surface area contributed by atoms with E-state index in [9.17, 15) is 44.1 Å². The lowest BCUT2D eigenvalue weighted by molar-refractivity contribution is -0.308. The fourth-order valence-corrected chi connectivity index (χ4v) is 9.41. The number of ether oxygens (including phenoxy) is 6. The number of ketones is 1. The van der Waals surface area contributed by atoms with Crippen LogP contribution in [0.5, 0.6) is 0 Å². The van der Waals surface area contributed by atoms with E-state index in [1.807, 2.05) is 0 Å². The van der Waals surface area contributed by atoms with Crippen molar-refractivity contribution in [2.24, 2.45) is 28.6 Å². The summed E-state index contributed by atoms with van der Waals surface area (Å²) in [6, 6.07) is 7.78. The van der Waals surface area contributed by atoms with Gasteiger partial charge in [-0.2, -0.15) is 0 Å². The van der Waals surface area contributed by atoms with Crippen LogP contribution in [-0.2, 0) is 52.4 Å². The van der Waals surface area contributed by atoms with Gasteiger partial charge in [0.2, 0.25) is 0 Å². The molecular formula is C36H44O15. The molecule has 278 valence electrons. The number of hydrogen-bond acceptors (Lipinski definition) is 15. The highest BCUT2D eigenvalue weighted by Gasteiger charge is 2.85. The lowest BCUT2D eigenvalue weighted by Crippen LogP contribution is -2.82. The number of rotatable bonds is 8. The van der Waals surface area contributed by atoms with Gasteiger partial charge < -0.3 is 43.7 Å². The Labute approximate surface area is 294 Å². The van der Waals surface area contributed by atoms with Crippen LogP contribution in [-0.4, -0.2) is 112 Å². The van der Waals surface area contributed by atoms with Crippen LogP contribution in [0.15, 0.2) is 42.5 Å². The molecule has 3 N–H and O–H groups in total. The zero-order chi connectivity index (χ0) is 37.8. The summed E-state index contributed by atoms with van der Waals surface area (Å²) in [7, 11) is 0. The van der Waals surface area contributed by atoms with Gasteiger partial charge in [0.25, 0.3) is 0 Å². The van der Waals surface area contributed by atoms with Gasteiger partial charge in [-0.1, -0.05) is 31.7 Å². The summed E-state index contributed by atoms with van der Waals surface area (Å²) in [4.78, 5) is 80.2. The van der Waals surface area contributed by atoms with Gasteiger partial charge in [-0.15, -0.1) is 0 Å². The van der Waals surface area contributed by atoms with Gasteiger partial charge in [0.1, 0.15) is 24.4 Å². The number of carbonyl (C=O) groups is 6. The maximum absolute atomic E-state index is 14.5. The summed E-state index contributed by atoms with van der Waals surface area (Å²) in [5.74, 6) is -9.76. The second kappa shape index (κ2) is 13.4. The molecule has 5 rings (SSSR count). The number of Topliss-reactive ketones (excluding diaryl/α,β-unsaturated/α-hetero) is 1. The van der Waals surface area contributed by atoms with Crippen molar-refractivity contribution in [2.75, 3.05) is 19.8 Å².